The lowest BCUT2D eigenvalue weighted by atomic mass is 10.1. The topological polar surface area (TPSA) is 69.7 Å². The molecule has 3 aromatic rings. The first kappa shape index (κ1) is 23.1. The number of aryl methyl sites for hydroxylation is 1. The van der Waals surface area contributed by atoms with Crippen LogP contribution in [0.25, 0.3) is 0 Å². The van der Waals surface area contributed by atoms with Crippen LogP contribution in [0.5, 0.6) is 0 Å². The van der Waals surface area contributed by atoms with Gasteiger partial charge in [-0.2, -0.15) is 0 Å². The molecule has 1 N–H and O–H groups in total. The van der Waals surface area contributed by atoms with Gasteiger partial charge >= 0.3 is 0 Å². The van der Waals surface area contributed by atoms with E-state index in [4.69, 9.17) is 11.6 Å². The van der Waals surface area contributed by atoms with Crippen LogP contribution in [-0.2, 0) is 10.0 Å². The predicted molar refractivity (Wildman–Crippen MR) is 128 cm³/mol. The summed E-state index contributed by atoms with van der Waals surface area (Å²) in [7, 11) is -4.07. The Bertz CT molecular complexity index is 1290. The number of piperazine rings is 1. The molecule has 1 aliphatic heterocycles. The number of amides is 1. The first-order chi connectivity index (χ1) is 15.7. The Hall–Kier alpha value is -3.10. The number of benzene rings is 3. The predicted octanol–water partition coefficient (Wildman–Crippen LogP) is 4.55. The number of carbonyl (C=O) groups is 1. The molecule has 1 fully saturated rings. The first-order valence-corrected chi connectivity index (χ1v) is 12.3. The highest BCUT2D eigenvalue weighted by Gasteiger charge is 2.25. The number of halogens is 2. The van der Waals surface area contributed by atoms with Gasteiger partial charge in [-0.25, -0.2) is 12.8 Å². The van der Waals surface area contributed by atoms with Gasteiger partial charge in [0.05, 0.1) is 10.6 Å². The number of sulfonamides is 1. The van der Waals surface area contributed by atoms with Crippen molar-refractivity contribution < 1.29 is 17.6 Å². The average molecular weight is 488 g/mol. The molecule has 0 saturated carbocycles. The number of nitrogens with one attached hydrogen (secondary N) is 1. The van der Waals surface area contributed by atoms with Gasteiger partial charge in [-0.1, -0.05) is 35.9 Å². The molecule has 0 radical (unpaired) electrons. The summed E-state index contributed by atoms with van der Waals surface area (Å²) in [5.41, 5.74) is 1.82. The molecule has 6 nitrogen and oxygen atoms in total. The summed E-state index contributed by atoms with van der Waals surface area (Å²) in [5, 5.41) is 0.656. The molecule has 1 saturated heterocycles. The second kappa shape index (κ2) is 9.41. The van der Waals surface area contributed by atoms with Gasteiger partial charge in [-0.3, -0.25) is 9.52 Å². The summed E-state index contributed by atoms with van der Waals surface area (Å²) in [5.74, 6) is -0.914. The molecule has 1 heterocycles. The number of carbonyl (C=O) groups excluding carboxylic acids is 1. The van der Waals surface area contributed by atoms with Crippen molar-refractivity contribution in [1.82, 2.24) is 4.90 Å². The number of nitrogens with zero attached hydrogens (tertiary/aromatic N) is 2. The maximum atomic E-state index is 13.9. The molecule has 4 rings (SSSR count). The summed E-state index contributed by atoms with van der Waals surface area (Å²) in [6.07, 6.45) is 0. The van der Waals surface area contributed by atoms with Gasteiger partial charge in [0, 0.05) is 42.5 Å². The van der Waals surface area contributed by atoms with Crippen molar-refractivity contribution in [3.8, 4) is 0 Å². The van der Waals surface area contributed by atoms with Crippen molar-refractivity contribution in [3.05, 3.63) is 88.7 Å². The second-order valence-corrected chi connectivity index (χ2v) is 9.94. The summed E-state index contributed by atoms with van der Waals surface area (Å²) >= 11 is 6.09. The minimum Gasteiger partial charge on any atom is -0.368 e. The molecular formula is C24H23ClFN3O3S. The van der Waals surface area contributed by atoms with Gasteiger partial charge in [-0.15, -0.1) is 0 Å². The minimum atomic E-state index is -4.07. The molecule has 0 aromatic heterocycles. The van der Waals surface area contributed by atoms with Gasteiger partial charge in [0.15, 0.2) is 0 Å². The number of rotatable bonds is 5. The molecule has 0 spiro atoms. The fourth-order valence-corrected chi connectivity index (χ4v) is 5.03. The van der Waals surface area contributed by atoms with E-state index in [0.717, 1.165) is 5.69 Å². The Morgan fingerprint density at radius 3 is 2.39 bits per heavy atom. The van der Waals surface area contributed by atoms with E-state index < -0.39 is 15.8 Å². The van der Waals surface area contributed by atoms with Crippen LogP contribution in [0.2, 0.25) is 5.02 Å². The summed E-state index contributed by atoms with van der Waals surface area (Å²) in [6, 6.07) is 17.4. The number of hydrogen-bond acceptors (Lipinski definition) is 4. The van der Waals surface area contributed by atoms with Gasteiger partial charge < -0.3 is 9.80 Å². The summed E-state index contributed by atoms with van der Waals surface area (Å²) in [4.78, 5) is 17.0. The molecule has 0 bridgehead atoms. The summed E-state index contributed by atoms with van der Waals surface area (Å²) < 4.78 is 41.8. The second-order valence-electron chi connectivity index (χ2n) is 7.82. The maximum Gasteiger partial charge on any atom is 0.262 e. The Morgan fingerprint density at radius 1 is 0.970 bits per heavy atom. The standard InChI is InChI=1S/C24H23ClFN3O3S/c1-17-9-10-20(33(31,32)27-23-8-3-2-7-22(23)26)16-21(17)24(30)29-13-11-28(12-14-29)19-6-4-5-18(25)15-19/h2-10,15-16,27H,11-14H2,1H3. The van der Waals surface area contributed by atoms with Crippen LogP contribution in [0.4, 0.5) is 15.8 Å². The van der Waals surface area contributed by atoms with E-state index in [0.29, 0.717) is 42.3 Å². The zero-order chi connectivity index (χ0) is 23.6. The van der Waals surface area contributed by atoms with Gasteiger partial charge in [-0.05, 0) is 55.0 Å². The van der Waals surface area contributed by atoms with Crippen LogP contribution in [0.15, 0.2) is 71.6 Å². The molecule has 172 valence electrons. The number of para-hydroxylation sites is 1. The Morgan fingerprint density at radius 2 is 1.70 bits per heavy atom. The third-order valence-corrected chi connectivity index (χ3v) is 7.21. The Balaban J connectivity index is 1.51. The lowest BCUT2D eigenvalue weighted by Crippen LogP contribution is -2.49. The third kappa shape index (κ3) is 5.12. The highest BCUT2D eigenvalue weighted by molar-refractivity contribution is 7.92. The molecule has 0 aliphatic carbocycles. The van der Waals surface area contributed by atoms with Crippen molar-refractivity contribution in [1.29, 1.82) is 0 Å². The minimum absolute atomic E-state index is 0.0998. The fourth-order valence-electron chi connectivity index (χ4n) is 3.76. The first-order valence-electron chi connectivity index (χ1n) is 10.4. The van der Waals surface area contributed by atoms with Crippen LogP contribution in [0.3, 0.4) is 0 Å². The van der Waals surface area contributed by atoms with Crippen LogP contribution in [-0.4, -0.2) is 45.4 Å². The van der Waals surface area contributed by atoms with E-state index in [9.17, 15) is 17.6 Å². The van der Waals surface area contributed by atoms with E-state index in [1.807, 2.05) is 24.3 Å². The van der Waals surface area contributed by atoms with E-state index in [2.05, 4.69) is 9.62 Å². The van der Waals surface area contributed by atoms with Crippen molar-refractivity contribution >= 4 is 38.9 Å². The lowest BCUT2D eigenvalue weighted by Gasteiger charge is -2.36. The van der Waals surface area contributed by atoms with E-state index >= 15 is 0 Å². The smallest absolute Gasteiger partial charge is 0.262 e. The highest BCUT2D eigenvalue weighted by atomic mass is 35.5. The normalized spacial score (nSPS) is 14.3. The largest absolute Gasteiger partial charge is 0.368 e. The highest BCUT2D eigenvalue weighted by Crippen LogP contribution is 2.24. The number of hydrogen-bond donors (Lipinski definition) is 1. The van der Waals surface area contributed by atoms with Crippen molar-refractivity contribution in [2.45, 2.75) is 11.8 Å². The maximum absolute atomic E-state index is 13.9. The van der Waals surface area contributed by atoms with E-state index in [1.165, 1.54) is 36.4 Å². The zero-order valence-corrected chi connectivity index (χ0v) is 19.5. The molecule has 0 atom stereocenters. The molecule has 3 aromatic carbocycles. The molecular weight excluding hydrogens is 465 g/mol. The SMILES string of the molecule is Cc1ccc(S(=O)(=O)Nc2ccccc2F)cc1C(=O)N1CCN(c2cccc(Cl)c2)CC1. The fraction of sp³-hybridized carbons (Fsp3) is 0.208. The molecule has 33 heavy (non-hydrogen) atoms. The van der Waals surface area contributed by atoms with Crippen molar-refractivity contribution in [2.75, 3.05) is 35.8 Å². The average Bonchev–Trinajstić information content (AvgIpc) is 2.80. The van der Waals surface area contributed by atoms with Crippen LogP contribution in [0.1, 0.15) is 15.9 Å². The van der Waals surface area contributed by atoms with Crippen LogP contribution < -0.4 is 9.62 Å². The van der Waals surface area contributed by atoms with Gasteiger partial charge in [0.1, 0.15) is 5.82 Å². The van der Waals surface area contributed by atoms with Gasteiger partial charge in [0.25, 0.3) is 15.9 Å². The number of anilines is 2. The molecule has 9 heteroatoms. The lowest BCUT2D eigenvalue weighted by molar-refractivity contribution is 0.0746. The van der Waals surface area contributed by atoms with Crippen molar-refractivity contribution in [2.24, 2.45) is 0 Å². The third-order valence-electron chi connectivity index (χ3n) is 5.61. The van der Waals surface area contributed by atoms with Crippen molar-refractivity contribution in [3.63, 3.8) is 0 Å². The van der Waals surface area contributed by atoms with Crippen LogP contribution >= 0.6 is 11.6 Å². The molecule has 1 amide bonds. The monoisotopic (exact) mass is 487 g/mol. The summed E-state index contributed by atoms with van der Waals surface area (Å²) in [6.45, 7) is 4.02. The Kier molecular flexibility index (Phi) is 6.58. The zero-order valence-electron chi connectivity index (χ0n) is 18.0. The Labute approximate surface area is 197 Å². The van der Waals surface area contributed by atoms with E-state index in [1.54, 1.807) is 17.9 Å². The quantitative estimate of drug-likeness (QED) is 0.573. The molecule has 1 aliphatic rings. The van der Waals surface area contributed by atoms with Gasteiger partial charge in [0.2, 0.25) is 0 Å². The van der Waals surface area contributed by atoms with Crippen LogP contribution in [0, 0.1) is 12.7 Å². The van der Waals surface area contributed by atoms with E-state index in [-0.39, 0.29) is 16.5 Å². The molecule has 0 unspecified atom stereocenters.